The van der Waals surface area contributed by atoms with E-state index in [0.717, 1.165) is 6.26 Å². The molecule has 1 saturated heterocycles. The number of carbonyl (C=O) groups excluding carboxylic acids is 2. The molecule has 4 rings (SSSR count). The molecule has 3 amide bonds. The number of likely N-dealkylation sites (tertiary alicyclic amines) is 1. The topological polar surface area (TPSA) is 129 Å². The molecule has 0 spiro atoms. The van der Waals surface area contributed by atoms with Crippen LogP contribution < -0.4 is 10.6 Å². The Labute approximate surface area is 214 Å². The summed E-state index contributed by atoms with van der Waals surface area (Å²) in [5.74, 6) is -0.244. The monoisotopic (exact) mass is 528 g/mol. The molecule has 0 aliphatic carbocycles. The first kappa shape index (κ1) is 25.6. The van der Waals surface area contributed by atoms with Crippen molar-refractivity contribution in [3.63, 3.8) is 0 Å². The number of aryl methyl sites for hydroxylation is 1. The molecule has 3 N–H and O–H groups in total. The van der Waals surface area contributed by atoms with E-state index in [9.17, 15) is 23.1 Å². The SMILES string of the molecule is Cc1nc(NC(=O)C2CC(O)CN2C(=O)Nc2ccc(Cl)cc2)ccc1-c1ccccc1S(C)(=O)=O. The minimum atomic E-state index is -3.45. The number of benzene rings is 2. The van der Waals surface area contributed by atoms with Gasteiger partial charge >= 0.3 is 6.03 Å². The summed E-state index contributed by atoms with van der Waals surface area (Å²) in [7, 11) is -3.45. The summed E-state index contributed by atoms with van der Waals surface area (Å²) in [5.41, 5.74) is 2.17. The molecule has 1 aromatic heterocycles. The van der Waals surface area contributed by atoms with Crippen LogP contribution in [0, 0.1) is 6.92 Å². The second kappa shape index (κ2) is 10.3. The van der Waals surface area contributed by atoms with E-state index >= 15 is 0 Å². The first-order valence-electron chi connectivity index (χ1n) is 11.1. The number of β-amino-alcohol motifs (C(OH)–C–C–N with tert-alkyl or cyclic N) is 1. The fourth-order valence-electron chi connectivity index (χ4n) is 4.15. The largest absolute Gasteiger partial charge is 0.391 e. The Morgan fingerprint density at radius 2 is 1.72 bits per heavy atom. The lowest BCUT2D eigenvalue weighted by atomic mass is 10.0. The third kappa shape index (κ3) is 5.67. The number of nitrogens with zero attached hydrogens (tertiary/aromatic N) is 2. The maximum atomic E-state index is 13.0. The molecule has 188 valence electrons. The van der Waals surface area contributed by atoms with Gasteiger partial charge in [-0.3, -0.25) is 4.79 Å². The van der Waals surface area contributed by atoms with Crippen molar-refractivity contribution in [1.82, 2.24) is 9.88 Å². The van der Waals surface area contributed by atoms with Crippen molar-refractivity contribution >= 4 is 44.9 Å². The number of amides is 3. The fourth-order valence-corrected chi connectivity index (χ4v) is 5.18. The molecule has 1 aliphatic rings. The van der Waals surface area contributed by atoms with Crippen LogP contribution >= 0.6 is 11.6 Å². The molecule has 0 bridgehead atoms. The number of nitrogens with one attached hydrogen (secondary N) is 2. The Hall–Kier alpha value is -3.47. The van der Waals surface area contributed by atoms with Crippen LogP contribution in [0.1, 0.15) is 12.1 Å². The zero-order chi connectivity index (χ0) is 26.0. The minimum Gasteiger partial charge on any atom is -0.391 e. The second-order valence-electron chi connectivity index (χ2n) is 8.58. The number of aliphatic hydroxyl groups is 1. The number of urea groups is 1. The van der Waals surface area contributed by atoms with Gasteiger partial charge in [0.25, 0.3) is 0 Å². The van der Waals surface area contributed by atoms with Gasteiger partial charge in [0.1, 0.15) is 11.9 Å². The molecule has 9 nitrogen and oxygen atoms in total. The molecule has 2 unspecified atom stereocenters. The molecule has 0 saturated carbocycles. The van der Waals surface area contributed by atoms with Gasteiger partial charge in [0.05, 0.1) is 11.0 Å². The van der Waals surface area contributed by atoms with Gasteiger partial charge in [0.2, 0.25) is 5.91 Å². The smallest absolute Gasteiger partial charge is 0.322 e. The van der Waals surface area contributed by atoms with Gasteiger partial charge in [-0.15, -0.1) is 0 Å². The van der Waals surface area contributed by atoms with Gasteiger partial charge in [-0.1, -0.05) is 29.8 Å². The first-order chi connectivity index (χ1) is 17.0. The van der Waals surface area contributed by atoms with Crippen molar-refractivity contribution in [2.45, 2.75) is 30.4 Å². The molecule has 36 heavy (non-hydrogen) atoms. The van der Waals surface area contributed by atoms with E-state index in [4.69, 9.17) is 11.6 Å². The lowest BCUT2D eigenvalue weighted by molar-refractivity contribution is -0.119. The number of pyridine rings is 1. The summed E-state index contributed by atoms with van der Waals surface area (Å²) in [6.07, 6.45) is 0.383. The number of aromatic nitrogens is 1. The van der Waals surface area contributed by atoms with Crippen LogP contribution in [0.25, 0.3) is 11.1 Å². The average molecular weight is 529 g/mol. The molecule has 2 heterocycles. The predicted molar refractivity (Wildman–Crippen MR) is 138 cm³/mol. The summed E-state index contributed by atoms with van der Waals surface area (Å²) in [5, 5.41) is 16.1. The Kier molecular flexibility index (Phi) is 7.30. The van der Waals surface area contributed by atoms with Gasteiger partial charge in [0.15, 0.2) is 9.84 Å². The van der Waals surface area contributed by atoms with Crippen molar-refractivity contribution in [3.8, 4) is 11.1 Å². The highest BCUT2D eigenvalue weighted by Gasteiger charge is 2.39. The Bertz CT molecular complexity index is 1410. The van der Waals surface area contributed by atoms with Crippen LogP contribution in [0.5, 0.6) is 0 Å². The van der Waals surface area contributed by atoms with E-state index < -0.39 is 33.9 Å². The van der Waals surface area contributed by atoms with Crippen molar-refractivity contribution in [3.05, 3.63) is 71.4 Å². The van der Waals surface area contributed by atoms with Crippen LogP contribution in [0.4, 0.5) is 16.3 Å². The van der Waals surface area contributed by atoms with E-state index in [1.54, 1.807) is 61.5 Å². The number of rotatable bonds is 5. The number of anilines is 2. The summed E-state index contributed by atoms with van der Waals surface area (Å²) in [4.78, 5) is 31.7. The number of sulfone groups is 1. The third-order valence-electron chi connectivity index (χ3n) is 5.85. The Morgan fingerprint density at radius 1 is 1.03 bits per heavy atom. The average Bonchev–Trinajstić information content (AvgIpc) is 3.22. The molecule has 1 aliphatic heterocycles. The Balaban J connectivity index is 1.51. The minimum absolute atomic E-state index is 0.00514. The summed E-state index contributed by atoms with van der Waals surface area (Å²) in [6, 6.07) is 15.0. The molecule has 0 radical (unpaired) electrons. The second-order valence-corrected chi connectivity index (χ2v) is 11.0. The molecular weight excluding hydrogens is 504 g/mol. The van der Waals surface area contributed by atoms with Crippen LogP contribution in [-0.2, 0) is 14.6 Å². The van der Waals surface area contributed by atoms with Gasteiger partial charge in [-0.25, -0.2) is 18.2 Å². The number of carbonyl (C=O) groups is 2. The molecular formula is C25H25ClN4O5S. The molecule has 11 heteroatoms. The first-order valence-corrected chi connectivity index (χ1v) is 13.4. The van der Waals surface area contributed by atoms with E-state index in [2.05, 4.69) is 15.6 Å². The van der Waals surface area contributed by atoms with Crippen molar-refractivity contribution < 1.29 is 23.1 Å². The van der Waals surface area contributed by atoms with Crippen molar-refractivity contribution in [1.29, 1.82) is 0 Å². The highest BCUT2D eigenvalue weighted by Crippen LogP contribution is 2.30. The van der Waals surface area contributed by atoms with Crippen molar-refractivity contribution in [2.24, 2.45) is 0 Å². The lowest BCUT2D eigenvalue weighted by Gasteiger charge is -2.24. The van der Waals surface area contributed by atoms with E-state index in [1.807, 2.05) is 0 Å². The maximum Gasteiger partial charge on any atom is 0.322 e. The summed E-state index contributed by atoms with van der Waals surface area (Å²) >= 11 is 5.88. The van der Waals surface area contributed by atoms with Gasteiger partial charge in [-0.05, 0) is 49.4 Å². The van der Waals surface area contributed by atoms with Crippen LogP contribution in [0.2, 0.25) is 5.02 Å². The highest BCUT2D eigenvalue weighted by molar-refractivity contribution is 7.90. The fraction of sp³-hybridized carbons (Fsp3) is 0.240. The number of halogens is 1. The van der Waals surface area contributed by atoms with E-state index in [0.29, 0.717) is 27.5 Å². The number of hydrogen-bond acceptors (Lipinski definition) is 6. The highest BCUT2D eigenvalue weighted by atomic mass is 35.5. The zero-order valence-corrected chi connectivity index (χ0v) is 21.2. The van der Waals surface area contributed by atoms with Gasteiger partial charge in [-0.2, -0.15) is 0 Å². The van der Waals surface area contributed by atoms with Crippen LogP contribution in [-0.4, -0.2) is 60.3 Å². The maximum absolute atomic E-state index is 13.0. The van der Waals surface area contributed by atoms with Crippen LogP contribution in [0.3, 0.4) is 0 Å². The lowest BCUT2D eigenvalue weighted by Crippen LogP contribution is -2.45. The Morgan fingerprint density at radius 3 is 2.39 bits per heavy atom. The molecule has 2 atom stereocenters. The standard InChI is InChI=1S/C25H25ClN4O5S/c1-15-19(20-5-3-4-6-22(20)36(2,34)35)11-12-23(27-15)29-24(32)21-13-18(31)14-30(21)25(33)28-17-9-7-16(26)8-10-17/h3-12,18,21,31H,13-14H2,1-2H3,(H,28,33)(H,27,29,32). The normalized spacial score (nSPS) is 17.6. The zero-order valence-electron chi connectivity index (χ0n) is 19.6. The summed E-state index contributed by atoms with van der Waals surface area (Å²) in [6.45, 7) is 1.72. The predicted octanol–water partition coefficient (Wildman–Crippen LogP) is 3.72. The summed E-state index contributed by atoms with van der Waals surface area (Å²) < 4.78 is 24.4. The molecule has 3 aromatic rings. The van der Waals surface area contributed by atoms with Gasteiger partial charge in [0, 0.05) is 46.8 Å². The van der Waals surface area contributed by atoms with Crippen LogP contribution in [0.15, 0.2) is 65.6 Å². The molecule has 2 aromatic carbocycles. The quantitative estimate of drug-likeness (QED) is 0.463. The van der Waals surface area contributed by atoms with E-state index in [1.165, 1.54) is 11.0 Å². The van der Waals surface area contributed by atoms with Crippen molar-refractivity contribution in [2.75, 3.05) is 23.4 Å². The number of hydrogen-bond donors (Lipinski definition) is 3. The number of aliphatic hydroxyl groups excluding tert-OH is 1. The van der Waals surface area contributed by atoms with E-state index in [-0.39, 0.29) is 23.7 Å². The third-order valence-corrected chi connectivity index (χ3v) is 7.26. The van der Waals surface area contributed by atoms with Gasteiger partial charge < -0.3 is 20.6 Å². The molecule has 1 fully saturated rings.